The number of aromatic nitrogens is 6. The van der Waals surface area contributed by atoms with Gasteiger partial charge in [0.2, 0.25) is 5.78 Å². The topological polar surface area (TPSA) is 66.1 Å². The fourth-order valence-corrected chi connectivity index (χ4v) is 18.0. The molecule has 0 saturated heterocycles. The van der Waals surface area contributed by atoms with E-state index in [-0.39, 0.29) is 0 Å². The summed E-state index contributed by atoms with van der Waals surface area (Å²) in [6, 6.07) is 87.5. The highest BCUT2D eigenvalue weighted by Crippen LogP contribution is 2.43. The van der Waals surface area contributed by atoms with Crippen molar-refractivity contribution in [3.8, 4) is 22.9 Å². The molecule has 6 heterocycles. The Labute approximate surface area is 428 Å². The standard InChI is InChI=1S/C65H40N6OSSi/c1-4-19-42(20-5-1)74(43-21-6-2-7-22-43,44-23-8-3-9-24-44)45-36-37-51-56(40-45)71-55-32-16-15-31-54(55)69(65(71)66-51)41-35-38-59-50(39-41)61-62(73-59)64(70-52-29-13-10-25-46(52)47-26-11-14-30-53(47)70)68-63(67-61)49-28-18-34-58-60(49)48-27-12-17-33-57(48)72-58/h1-40H. The zero-order valence-corrected chi connectivity index (χ0v) is 41.4. The lowest BCUT2D eigenvalue weighted by atomic mass is 10.1. The van der Waals surface area contributed by atoms with Gasteiger partial charge in [-0.05, 0) is 87.5 Å². The van der Waals surface area contributed by atoms with E-state index < -0.39 is 8.07 Å². The first-order chi connectivity index (χ1) is 36.7. The lowest BCUT2D eigenvalue weighted by Crippen LogP contribution is -2.74. The SMILES string of the molecule is c1ccc([Si](c2ccccc2)(c2ccccc2)c2ccc3nc4n(-c5ccc6sc7c(-n8c9ccccc9c9ccccc98)nc(-c8cccc9oc%10ccccc%10c89)nc7c6c5)c5ccccc5n4c3c2)cc1. The largest absolute Gasteiger partial charge is 0.456 e. The van der Waals surface area contributed by atoms with Gasteiger partial charge in [-0.2, -0.15) is 0 Å². The number of fused-ring (bicyclic) bond motifs is 14. The Morgan fingerprint density at radius 3 is 1.69 bits per heavy atom. The van der Waals surface area contributed by atoms with Gasteiger partial charge in [0.1, 0.15) is 11.2 Å². The summed E-state index contributed by atoms with van der Waals surface area (Å²) in [5.74, 6) is 2.34. The molecule has 0 bridgehead atoms. The van der Waals surface area contributed by atoms with Crippen molar-refractivity contribution >= 4 is 132 Å². The van der Waals surface area contributed by atoms with Crippen LogP contribution >= 0.6 is 11.3 Å². The Morgan fingerprint density at radius 1 is 0.405 bits per heavy atom. The van der Waals surface area contributed by atoms with Gasteiger partial charge < -0.3 is 4.42 Å². The van der Waals surface area contributed by atoms with Crippen LogP contribution in [0.4, 0.5) is 0 Å². The van der Waals surface area contributed by atoms with Crippen molar-refractivity contribution in [1.82, 2.24) is 28.5 Å². The van der Waals surface area contributed by atoms with Crippen LogP contribution in [0.2, 0.25) is 0 Å². The molecule has 16 aromatic rings. The number of hydrogen-bond donors (Lipinski definition) is 0. The third-order valence-electron chi connectivity index (χ3n) is 15.2. The maximum absolute atomic E-state index is 6.44. The molecule has 0 fully saturated rings. The number of hydrogen-bond acceptors (Lipinski definition) is 5. The van der Waals surface area contributed by atoms with Gasteiger partial charge in [0, 0.05) is 42.9 Å². The molecular formula is C65H40N6OSSi. The maximum atomic E-state index is 6.44. The Balaban J connectivity index is 0.960. The van der Waals surface area contributed by atoms with Crippen molar-refractivity contribution in [3.63, 3.8) is 0 Å². The zero-order valence-electron chi connectivity index (χ0n) is 39.6. The fourth-order valence-electron chi connectivity index (χ4n) is 12.1. The Morgan fingerprint density at radius 2 is 1.00 bits per heavy atom. The first-order valence-corrected chi connectivity index (χ1v) is 27.7. The summed E-state index contributed by atoms with van der Waals surface area (Å²) in [7, 11) is -2.83. The molecule has 0 aliphatic rings. The monoisotopic (exact) mass is 980 g/mol. The van der Waals surface area contributed by atoms with Crippen molar-refractivity contribution in [2.75, 3.05) is 0 Å². The van der Waals surface area contributed by atoms with E-state index >= 15 is 0 Å². The van der Waals surface area contributed by atoms with Crippen LogP contribution in [-0.4, -0.2) is 36.6 Å². The average molecular weight is 981 g/mol. The van der Waals surface area contributed by atoms with Gasteiger partial charge in [0.25, 0.3) is 0 Å². The van der Waals surface area contributed by atoms with Crippen molar-refractivity contribution < 1.29 is 4.42 Å². The van der Waals surface area contributed by atoms with Crippen molar-refractivity contribution in [2.45, 2.75) is 0 Å². The van der Waals surface area contributed by atoms with E-state index in [0.717, 1.165) is 98.2 Å². The summed E-state index contributed by atoms with van der Waals surface area (Å²) in [6.07, 6.45) is 0. The second kappa shape index (κ2) is 15.8. The van der Waals surface area contributed by atoms with E-state index in [4.69, 9.17) is 19.4 Å². The summed E-state index contributed by atoms with van der Waals surface area (Å²) in [6.45, 7) is 0. The first-order valence-electron chi connectivity index (χ1n) is 24.9. The minimum atomic E-state index is -2.83. The van der Waals surface area contributed by atoms with Crippen LogP contribution in [-0.2, 0) is 0 Å². The number of imidazole rings is 2. The third-order valence-corrected chi connectivity index (χ3v) is 21.2. The molecule has 0 unspecified atom stereocenters. The van der Waals surface area contributed by atoms with E-state index in [2.05, 4.69) is 232 Å². The molecule has 9 heteroatoms. The summed E-state index contributed by atoms with van der Waals surface area (Å²) in [4.78, 5) is 16.7. The van der Waals surface area contributed by atoms with Crippen LogP contribution in [0.3, 0.4) is 0 Å². The minimum absolute atomic E-state index is 0.641. The van der Waals surface area contributed by atoms with Crippen molar-refractivity contribution in [1.29, 1.82) is 0 Å². The van der Waals surface area contributed by atoms with Crippen LogP contribution in [0, 0.1) is 0 Å². The average Bonchev–Trinajstić information content (AvgIpc) is 4.31. The van der Waals surface area contributed by atoms with Gasteiger partial charge in [-0.1, -0.05) is 176 Å². The highest BCUT2D eigenvalue weighted by atomic mass is 32.1. The van der Waals surface area contributed by atoms with E-state index in [0.29, 0.717) is 5.82 Å². The molecule has 16 rings (SSSR count). The normalized spacial score (nSPS) is 12.3. The van der Waals surface area contributed by atoms with Gasteiger partial charge in [0.05, 0.1) is 43.3 Å². The van der Waals surface area contributed by atoms with Crippen molar-refractivity contribution in [3.05, 3.63) is 243 Å². The van der Waals surface area contributed by atoms with E-state index in [9.17, 15) is 0 Å². The lowest BCUT2D eigenvalue weighted by Gasteiger charge is -2.34. The fraction of sp³-hybridized carbons (Fsp3) is 0. The second-order valence-corrected chi connectivity index (χ2v) is 24.0. The van der Waals surface area contributed by atoms with E-state index in [1.807, 2.05) is 24.3 Å². The molecule has 0 saturated carbocycles. The van der Waals surface area contributed by atoms with E-state index in [1.165, 1.54) is 31.5 Å². The number of furan rings is 1. The molecule has 7 nitrogen and oxygen atoms in total. The van der Waals surface area contributed by atoms with Crippen LogP contribution in [0.1, 0.15) is 0 Å². The van der Waals surface area contributed by atoms with E-state index in [1.54, 1.807) is 11.3 Å². The number of nitrogens with zero attached hydrogens (tertiary/aromatic N) is 6. The molecule has 0 aliphatic carbocycles. The molecule has 0 radical (unpaired) electrons. The molecular weight excluding hydrogens is 941 g/mol. The van der Waals surface area contributed by atoms with Gasteiger partial charge in [-0.25, -0.2) is 15.0 Å². The lowest BCUT2D eigenvalue weighted by molar-refractivity contribution is 0.669. The summed E-state index contributed by atoms with van der Waals surface area (Å²) >= 11 is 1.74. The molecule has 346 valence electrons. The number of thiophene rings is 1. The number of benzene rings is 10. The molecule has 0 aliphatic heterocycles. The molecule has 0 atom stereocenters. The Hall–Kier alpha value is -9.41. The first kappa shape index (κ1) is 41.2. The molecule has 10 aromatic carbocycles. The second-order valence-electron chi connectivity index (χ2n) is 19.1. The predicted molar refractivity (Wildman–Crippen MR) is 309 cm³/mol. The zero-order chi connectivity index (χ0) is 48.5. The summed E-state index contributed by atoms with van der Waals surface area (Å²) in [5, 5.41) is 10.7. The van der Waals surface area contributed by atoms with Crippen LogP contribution < -0.4 is 20.7 Å². The Kier molecular flexibility index (Phi) is 8.80. The van der Waals surface area contributed by atoms with Gasteiger partial charge >= 0.3 is 0 Å². The van der Waals surface area contributed by atoms with Gasteiger partial charge in [0.15, 0.2) is 19.7 Å². The quantitative estimate of drug-likeness (QED) is 0.118. The minimum Gasteiger partial charge on any atom is -0.456 e. The van der Waals surface area contributed by atoms with Crippen molar-refractivity contribution in [2.24, 2.45) is 0 Å². The highest BCUT2D eigenvalue weighted by Gasteiger charge is 2.41. The molecule has 0 N–H and O–H groups in total. The maximum Gasteiger partial charge on any atom is 0.220 e. The molecule has 6 aromatic heterocycles. The summed E-state index contributed by atoms with van der Waals surface area (Å²) in [5.41, 5.74) is 10.8. The molecule has 0 spiro atoms. The Bertz CT molecular complexity index is 4770. The number of rotatable bonds is 7. The van der Waals surface area contributed by atoms with Crippen LogP contribution in [0.25, 0.3) is 115 Å². The summed E-state index contributed by atoms with van der Waals surface area (Å²) < 4.78 is 15.6. The number of para-hydroxylation sites is 5. The van der Waals surface area contributed by atoms with Gasteiger partial charge in [-0.3, -0.25) is 13.5 Å². The third kappa shape index (κ3) is 5.78. The van der Waals surface area contributed by atoms with Crippen LogP contribution in [0.15, 0.2) is 247 Å². The van der Waals surface area contributed by atoms with Crippen LogP contribution in [0.5, 0.6) is 0 Å². The molecule has 74 heavy (non-hydrogen) atoms. The van der Waals surface area contributed by atoms with Gasteiger partial charge in [-0.15, -0.1) is 11.3 Å². The predicted octanol–water partition coefficient (Wildman–Crippen LogP) is 13.6. The molecule has 0 amide bonds. The smallest absolute Gasteiger partial charge is 0.220 e. The highest BCUT2D eigenvalue weighted by molar-refractivity contribution is 7.26.